The smallest absolute Gasteiger partial charge is 0.244 e. The molecular formula is C20H24ClN3O2. The second kappa shape index (κ2) is 9.36. The molecule has 1 N–H and O–H groups in total. The van der Waals surface area contributed by atoms with Gasteiger partial charge in [-0.1, -0.05) is 54.1 Å². The zero-order valence-electron chi connectivity index (χ0n) is 15.3. The lowest BCUT2D eigenvalue weighted by Gasteiger charge is -2.26. The number of likely N-dealkylation sites (N-methyl/N-ethyl adjacent to an activating group) is 2. The van der Waals surface area contributed by atoms with Crippen LogP contribution in [-0.4, -0.2) is 48.8 Å². The first-order chi connectivity index (χ1) is 12.4. The molecule has 0 aromatic heterocycles. The summed E-state index contributed by atoms with van der Waals surface area (Å²) in [7, 11) is 3.52. The Hall–Kier alpha value is -2.37. The standard InChI is InChI=1S/C20H24ClN3O2/c1-15(16-9-5-4-6-10-16)23(2)14-20(26)24(3)13-19(25)22-18-12-8-7-11-17(18)21/h4-12,15H,13-14H2,1-3H3,(H,22,25)/t15-/m1/s1. The quantitative estimate of drug-likeness (QED) is 0.809. The Morgan fingerprint density at radius 1 is 1.00 bits per heavy atom. The van der Waals surface area contributed by atoms with Crippen LogP contribution in [0.5, 0.6) is 0 Å². The molecule has 2 amide bonds. The molecule has 26 heavy (non-hydrogen) atoms. The Balaban J connectivity index is 1.86. The van der Waals surface area contributed by atoms with E-state index in [0.717, 1.165) is 5.56 Å². The SMILES string of the molecule is C[C@H](c1ccccc1)N(C)CC(=O)N(C)CC(=O)Nc1ccccc1Cl. The predicted molar refractivity (Wildman–Crippen MR) is 105 cm³/mol. The molecule has 0 fully saturated rings. The maximum Gasteiger partial charge on any atom is 0.244 e. The number of carbonyl (C=O) groups excluding carboxylic acids is 2. The minimum absolute atomic E-state index is 0.0301. The van der Waals surface area contributed by atoms with E-state index in [2.05, 4.69) is 5.32 Å². The van der Waals surface area contributed by atoms with Crippen molar-refractivity contribution in [2.24, 2.45) is 0 Å². The van der Waals surface area contributed by atoms with Crippen LogP contribution >= 0.6 is 11.6 Å². The van der Waals surface area contributed by atoms with Crippen molar-refractivity contribution < 1.29 is 9.59 Å². The van der Waals surface area contributed by atoms with Crippen LogP contribution in [-0.2, 0) is 9.59 Å². The van der Waals surface area contributed by atoms with Gasteiger partial charge in [0.15, 0.2) is 0 Å². The van der Waals surface area contributed by atoms with Crippen molar-refractivity contribution in [1.29, 1.82) is 0 Å². The summed E-state index contributed by atoms with van der Waals surface area (Å²) in [6, 6.07) is 17.1. The zero-order chi connectivity index (χ0) is 19.1. The number of amides is 2. The minimum atomic E-state index is -0.285. The number of anilines is 1. The van der Waals surface area contributed by atoms with E-state index in [0.29, 0.717) is 10.7 Å². The van der Waals surface area contributed by atoms with Crippen LogP contribution < -0.4 is 5.32 Å². The van der Waals surface area contributed by atoms with Gasteiger partial charge in [0.1, 0.15) is 0 Å². The van der Waals surface area contributed by atoms with Gasteiger partial charge < -0.3 is 10.2 Å². The molecule has 5 nitrogen and oxygen atoms in total. The normalized spacial score (nSPS) is 11.9. The molecule has 0 spiro atoms. The number of para-hydroxylation sites is 1. The van der Waals surface area contributed by atoms with Gasteiger partial charge in [-0.15, -0.1) is 0 Å². The highest BCUT2D eigenvalue weighted by Gasteiger charge is 2.19. The Morgan fingerprint density at radius 3 is 2.27 bits per heavy atom. The number of hydrogen-bond donors (Lipinski definition) is 1. The van der Waals surface area contributed by atoms with E-state index in [9.17, 15) is 9.59 Å². The highest BCUT2D eigenvalue weighted by atomic mass is 35.5. The third-order valence-corrected chi connectivity index (χ3v) is 4.61. The predicted octanol–water partition coefficient (Wildman–Crippen LogP) is 3.43. The number of hydrogen-bond acceptors (Lipinski definition) is 3. The summed E-state index contributed by atoms with van der Waals surface area (Å²) < 4.78 is 0. The van der Waals surface area contributed by atoms with Crippen molar-refractivity contribution in [1.82, 2.24) is 9.80 Å². The molecule has 0 aliphatic heterocycles. The highest BCUT2D eigenvalue weighted by molar-refractivity contribution is 6.33. The van der Waals surface area contributed by atoms with Gasteiger partial charge in [0.25, 0.3) is 0 Å². The number of rotatable bonds is 7. The zero-order valence-corrected chi connectivity index (χ0v) is 16.0. The second-order valence-corrected chi connectivity index (χ2v) is 6.69. The number of carbonyl (C=O) groups is 2. The molecule has 6 heteroatoms. The van der Waals surface area contributed by atoms with Gasteiger partial charge >= 0.3 is 0 Å². The van der Waals surface area contributed by atoms with Crippen LogP contribution in [0.1, 0.15) is 18.5 Å². The fraction of sp³-hybridized carbons (Fsp3) is 0.300. The van der Waals surface area contributed by atoms with E-state index >= 15 is 0 Å². The average molecular weight is 374 g/mol. The van der Waals surface area contributed by atoms with Crippen molar-refractivity contribution in [2.45, 2.75) is 13.0 Å². The number of nitrogens with zero attached hydrogens (tertiary/aromatic N) is 2. The molecule has 0 heterocycles. The summed E-state index contributed by atoms with van der Waals surface area (Å²) in [6.45, 7) is 2.25. The van der Waals surface area contributed by atoms with Crippen molar-refractivity contribution in [3.05, 3.63) is 65.2 Å². The largest absolute Gasteiger partial charge is 0.335 e. The van der Waals surface area contributed by atoms with E-state index in [1.165, 1.54) is 4.90 Å². The summed E-state index contributed by atoms with van der Waals surface area (Å²) in [5.74, 6) is -0.405. The van der Waals surface area contributed by atoms with Crippen molar-refractivity contribution >= 4 is 29.1 Å². The second-order valence-electron chi connectivity index (χ2n) is 6.28. The van der Waals surface area contributed by atoms with Crippen molar-refractivity contribution in [3.8, 4) is 0 Å². The van der Waals surface area contributed by atoms with E-state index in [1.54, 1.807) is 31.3 Å². The van der Waals surface area contributed by atoms with Crippen LogP contribution in [0.3, 0.4) is 0 Å². The van der Waals surface area contributed by atoms with Crippen LogP contribution in [0.4, 0.5) is 5.69 Å². The van der Waals surface area contributed by atoms with Gasteiger partial charge in [-0.2, -0.15) is 0 Å². The Labute approximate surface area is 159 Å². The van der Waals surface area contributed by atoms with Gasteiger partial charge in [-0.3, -0.25) is 14.5 Å². The molecule has 0 aliphatic rings. The molecule has 0 saturated carbocycles. The van der Waals surface area contributed by atoms with Gasteiger partial charge in [-0.05, 0) is 31.7 Å². The molecule has 2 aromatic rings. The van der Waals surface area contributed by atoms with E-state index in [1.807, 2.05) is 49.2 Å². The first-order valence-corrected chi connectivity index (χ1v) is 8.80. The minimum Gasteiger partial charge on any atom is -0.335 e. The topological polar surface area (TPSA) is 52.7 Å². The molecule has 138 valence electrons. The first-order valence-electron chi connectivity index (χ1n) is 8.42. The summed E-state index contributed by atoms with van der Waals surface area (Å²) >= 11 is 6.03. The Kier molecular flexibility index (Phi) is 7.18. The molecule has 0 radical (unpaired) electrons. The molecule has 0 saturated heterocycles. The summed E-state index contributed by atoms with van der Waals surface area (Å²) in [5, 5.41) is 3.18. The maximum absolute atomic E-state index is 12.4. The van der Waals surface area contributed by atoms with E-state index < -0.39 is 0 Å². The van der Waals surface area contributed by atoms with Crippen molar-refractivity contribution in [3.63, 3.8) is 0 Å². The number of benzene rings is 2. The molecule has 2 aromatic carbocycles. The van der Waals surface area contributed by atoms with Crippen molar-refractivity contribution in [2.75, 3.05) is 32.5 Å². The monoisotopic (exact) mass is 373 g/mol. The van der Waals surface area contributed by atoms with Crippen LogP contribution in [0, 0.1) is 0 Å². The molecule has 0 aliphatic carbocycles. The first kappa shape index (κ1) is 19.9. The van der Waals surface area contributed by atoms with Gasteiger partial charge in [0.05, 0.1) is 23.8 Å². The summed E-state index contributed by atoms with van der Waals surface area (Å²) in [4.78, 5) is 27.9. The lowest BCUT2D eigenvalue weighted by molar-refractivity contribution is -0.134. The summed E-state index contributed by atoms with van der Waals surface area (Å²) in [5.41, 5.74) is 1.68. The molecule has 1 atom stereocenters. The highest BCUT2D eigenvalue weighted by Crippen LogP contribution is 2.20. The Morgan fingerprint density at radius 2 is 1.62 bits per heavy atom. The fourth-order valence-corrected chi connectivity index (χ4v) is 2.70. The number of nitrogens with one attached hydrogen (secondary N) is 1. The van der Waals surface area contributed by atoms with Crippen LogP contribution in [0.15, 0.2) is 54.6 Å². The van der Waals surface area contributed by atoms with Gasteiger partial charge in [-0.25, -0.2) is 0 Å². The third kappa shape index (κ3) is 5.58. The molecule has 0 bridgehead atoms. The maximum atomic E-state index is 12.4. The Bertz CT molecular complexity index is 752. The average Bonchev–Trinajstić information content (AvgIpc) is 2.63. The van der Waals surface area contributed by atoms with Crippen LogP contribution in [0.2, 0.25) is 5.02 Å². The third-order valence-electron chi connectivity index (χ3n) is 4.28. The number of halogens is 1. The van der Waals surface area contributed by atoms with E-state index in [4.69, 9.17) is 11.6 Å². The molecule has 0 unspecified atom stereocenters. The van der Waals surface area contributed by atoms with Gasteiger partial charge in [0.2, 0.25) is 11.8 Å². The van der Waals surface area contributed by atoms with Gasteiger partial charge in [0, 0.05) is 13.1 Å². The molecule has 2 rings (SSSR count). The molecular weight excluding hydrogens is 350 g/mol. The lowest BCUT2D eigenvalue weighted by atomic mass is 10.1. The van der Waals surface area contributed by atoms with Crippen LogP contribution in [0.25, 0.3) is 0 Å². The van der Waals surface area contributed by atoms with E-state index in [-0.39, 0.29) is 30.9 Å². The fourth-order valence-electron chi connectivity index (χ4n) is 2.51. The summed E-state index contributed by atoms with van der Waals surface area (Å²) in [6.07, 6.45) is 0. The lowest BCUT2D eigenvalue weighted by Crippen LogP contribution is -2.41.